The van der Waals surface area contributed by atoms with Crippen molar-refractivity contribution in [3.63, 3.8) is 0 Å². The molecule has 2 rings (SSSR count). The minimum Gasteiger partial charge on any atom is -0.496 e. The molecule has 2 aromatic carbocycles. The van der Waals surface area contributed by atoms with Crippen LogP contribution in [0.25, 0.3) is 0 Å². The van der Waals surface area contributed by atoms with Crippen molar-refractivity contribution in [1.82, 2.24) is 0 Å². The second-order valence-electron chi connectivity index (χ2n) is 5.54. The number of anilines is 1. The summed E-state index contributed by atoms with van der Waals surface area (Å²) in [6.07, 6.45) is 0. The van der Waals surface area contributed by atoms with E-state index in [4.69, 9.17) is 4.74 Å². The van der Waals surface area contributed by atoms with E-state index in [1.807, 2.05) is 0 Å². The molecule has 0 aliphatic heterocycles. The van der Waals surface area contributed by atoms with Crippen LogP contribution in [0.5, 0.6) is 5.75 Å². The predicted molar refractivity (Wildman–Crippen MR) is 83.4 cm³/mol. The number of amides is 1. The molecule has 2 N–H and O–H groups in total. The standard InChI is InChI=1S/C17H16F4N2O2/c1-23(8-10-7-11(18)3-6-14(10)25-2)9-15(24)22-13-5-4-12(19)16(20)17(13)21/h3-7H,8-9H2,1-2H3,(H,22,24)/p+1. The molecule has 0 aliphatic carbocycles. The maximum Gasteiger partial charge on any atom is 0.279 e. The Bertz CT molecular complexity index is 783. The SMILES string of the molecule is COc1ccc(F)cc1C[NH+](C)CC(=O)Nc1ccc(F)c(F)c1F. The maximum atomic E-state index is 13.6. The minimum atomic E-state index is -1.65. The van der Waals surface area contributed by atoms with Crippen molar-refractivity contribution in [3.05, 3.63) is 59.2 Å². The molecule has 0 spiro atoms. The molecule has 134 valence electrons. The molecule has 0 aromatic heterocycles. The second-order valence-corrected chi connectivity index (χ2v) is 5.54. The Morgan fingerprint density at radius 1 is 1.12 bits per heavy atom. The third kappa shape index (κ3) is 4.69. The fourth-order valence-corrected chi connectivity index (χ4v) is 2.36. The van der Waals surface area contributed by atoms with Crippen LogP contribution in [-0.2, 0) is 11.3 Å². The molecule has 25 heavy (non-hydrogen) atoms. The van der Waals surface area contributed by atoms with E-state index in [1.165, 1.54) is 25.3 Å². The highest BCUT2D eigenvalue weighted by Crippen LogP contribution is 2.20. The van der Waals surface area contributed by atoms with Crippen molar-refractivity contribution in [2.45, 2.75) is 6.54 Å². The zero-order chi connectivity index (χ0) is 18.6. The molecule has 0 saturated heterocycles. The molecule has 0 bridgehead atoms. The maximum absolute atomic E-state index is 13.6. The molecule has 0 fully saturated rings. The number of quaternary nitrogens is 1. The number of hydrogen-bond donors (Lipinski definition) is 2. The first-order valence-electron chi connectivity index (χ1n) is 7.39. The van der Waals surface area contributed by atoms with Crippen LogP contribution in [0.4, 0.5) is 23.2 Å². The van der Waals surface area contributed by atoms with Gasteiger partial charge >= 0.3 is 0 Å². The lowest BCUT2D eigenvalue weighted by Crippen LogP contribution is -3.08. The van der Waals surface area contributed by atoms with Crippen LogP contribution in [0.3, 0.4) is 0 Å². The Morgan fingerprint density at radius 3 is 2.52 bits per heavy atom. The number of methoxy groups -OCH3 is 1. The molecule has 4 nitrogen and oxygen atoms in total. The van der Waals surface area contributed by atoms with Crippen LogP contribution in [0.15, 0.2) is 30.3 Å². The Labute approximate surface area is 142 Å². The van der Waals surface area contributed by atoms with Gasteiger partial charge in [-0.1, -0.05) is 0 Å². The molecule has 0 radical (unpaired) electrons. The minimum absolute atomic E-state index is 0.0991. The lowest BCUT2D eigenvalue weighted by Gasteiger charge is -2.16. The molecule has 0 heterocycles. The monoisotopic (exact) mass is 357 g/mol. The highest BCUT2D eigenvalue weighted by atomic mass is 19.2. The van der Waals surface area contributed by atoms with Crippen molar-refractivity contribution in [2.75, 3.05) is 26.0 Å². The Balaban J connectivity index is 2.01. The average molecular weight is 357 g/mol. The van der Waals surface area contributed by atoms with E-state index in [2.05, 4.69) is 5.32 Å². The zero-order valence-electron chi connectivity index (χ0n) is 13.6. The first kappa shape index (κ1) is 18.7. The van der Waals surface area contributed by atoms with E-state index in [-0.39, 0.29) is 13.1 Å². The van der Waals surface area contributed by atoms with Crippen LogP contribution >= 0.6 is 0 Å². The van der Waals surface area contributed by atoms with Gasteiger partial charge in [-0.2, -0.15) is 0 Å². The zero-order valence-corrected chi connectivity index (χ0v) is 13.6. The number of halogens is 4. The number of rotatable bonds is 6. The number of nitrogens with one attached hydrogen (secondary N) is 2. The van der Waals surface area contributed by atoms with Crippen LogP contribution < -0.4 is 15.0 Å². The van der Waals surface area contributed by atoms with Crippen molar-refractivity contribution in [2.24, 2.45) is 0 Å². The quantitative estimate of drug-likeness (QED) is 0.613. The summed E-state index contributed by atoms with van der Waals surface area (Å²) >= 11 is 0. The fourth-order valence-electron chi connectivity index (χ4n) is 2.36. The van der Waals surface area contributed by atoms with E-state index in [0.29, 0.717) is 16.2 Å². The van der Waals surface area contributed by atoms with Gasteiger partial charge in [0, 0.05) is 0 Å². The van der Waals surface area contributed by atoms with Gasteiger partial charge in [-0.05, 0) is 30.3 Å². The van der Waals surface area contributed by atoms with Crippen molar-refractivity contribution in [3.8, 4) is 5.75 Å². The summed E-state index contributed by atoms with van der Waals surface area (Å²) in [5.41, 5.74) is 0.117. The van der Waals surface area contributed by atoms with Crippen LogP contribution in [-0.4, -0.2) is 26.6 Å². The van der Waals surface area contributed by atoms with Gasteiger partial charge in [-0.3, -0.25) is 4.79 Å². The normalized spacial score (nSPS) is 11.9. The summed E-state index contributed by atoms with van der Waals surface area (Å²) in [6, 6.07) is 5.71. The summed E-state index contributed by atoms with van der Waals surface area (Å²) in [4.78, 5) is 12.6. The molecule has 1 unspecified atom stereocenters. The van der Waals surface area contributed by atoms with Gasteiger partial charge in [0.2, 0.25) is 0 Å². The fraction of sp³-hybridized carbons (Fsp3) is 0.235. The van der Waals surface area contributed by atoms with E-state index < -0.39 is 34.9 Å². The van der Waals surface area contributed by atoms with Crippen LogP contribution in [0, 0.1) is 23.3 Å². The van der Waals surface area contributed by atoms with E-state index in [9.17, 15) is 22.4 Å². The number of hydrogen-bond acceptors (Lipinski definition) is 2. The Morgan fingerprint density at radius 2 is 1.84 bits per heavy atom. The smallest absolute Gasteiger partial charge is 0.279 e. The first-order valence-corrected chi connectivity index (χ1v) is 7.39. The molecular formula is C17H17F4N2O2+. The molecular weight excluding hydrogens is 340 g/mol. The first-order chi connectivity index (χ1) is 11.8. The van der Waals surface area contributed by atoms with Crippen LogP contribution in [0.1, 0.15) is 5.56 Å². The van der Waals surface area contributed by atoms with Gasteiger partial charge in [0.1, 0.15) is 18.1 Å². The number of carbonyl (C=O) groups excluding carboxylic acids is 1. The lowest BCUT2D eigenvalue weighted by atomic mass is 10.2. The van der Waals surface area contributed by atoms with Gasteiger partial charge in [0.25, 0.3) is 5.91 Å². The second kappa shape index (κ2) is 7.98. The molecule has 0 saturated carbocycles. The lowest BCUT2D eigenvalue weighted by molar-refractivity contribution is -0.885. The average Bonchev–Trinajstić information content (AvgIpc) is 2.55. The molecule has 8 heteroatoms. The highest BCUT2D eigenvalue weighted by molar-refractivity contribution is 5.91. The van der Waals surface area contributed by atoms with E-state index >= 15 is 0 Å². The third-order valence-corrected chi connectivity index (χ3v) is 3.51. The largest absolute Gasteiger partial charge is 0.496 e. The number of benzene rings is 2. The topological polar surface area (TPSA) is 42.8 Å². The predicted octanol–water partition coefficient (Wildman–Crippen LogP) is 1.90. The van der Waals surface area contributed by atoms with Gasteiger partial charge in [0.15, 0.2) is 24.0 Å². The summed E-state index contributed by atoms with van der Waals surface area (Å²) < 4.78 is 58.1. The summed E-state index contributed by atoms with van der Waals surface area (Å²) in [5.74, 6) is -5.00. The van der Waals surface area contributed by atoms with Crippen LogP contribution in [0.2, 0.25) is 0 Å². The van der Waals surface area contributed by atoms with Crippen molar-refractivity contribution >= 4 is 11.6 Å². The Kier molecular flexibility index (Phi) is 5.97. The summed E-state index contributed by atoms with van der Waals surface area (Å²) in [6.45, 7) is 0.173. The van der Waals surface area contributed by atoms with Gasteiger partial charge < -0.3 is 15.0 Å². The van der Waals surface area contributed by atoms with E-state index in [0.717, 1.165) is 12.1 Å². The molecule has 1 atom stereocenters. The van der Waals surface area contributed by atoms with Gasteiger partial charge in [-0.25, -0.2) is 17.6 Å². The Hall–Kier alpha value is -2.61. The molecule has 2 aromatic rings. The number of carbonyl (C=O) groups is 1. The third-order valence-electron chi connectivity index (χ3n) is 3.51. The highest BCUT2D eigenvalue weighted by Gasteiger charge is 2.18. The van der Waals surface area contributed by atoms with Gasteiger partial charge in [0.05, 0.1) is 25.4 Å². The molecule has 1 amide bonds. The molecule has 0 aliphatic rings. The number of ether oxygens (including phenoxy) is 1. The van der Waals surface area contributed by atoms with Crippen molar-refractivity contribution < 1.29 is 32.0 Å². The van der Waals surface area contributed by atoms with Crippen molar-refractivity contribution in [1.29, 1.82) is 0 Å². The van der Waals surface area contributed by atoms with E-state index in [1.54, 1.807) is 7.05 Å². The number of likely N-dealkylation sites (N-methyl/N-ethyl adjacent to an activating group) is 1. The van der Waals surface area contributed by atoms with Gasteiger partial charge in [-0.15, -0.1) is 0 Å². The summed E-state index contributed by atoms with van der Waals surface area (Å²) in [5, 5.41) is 2.19. The summed E-state index contributed by atoms with van der Waals surface area (Å²) in [7, 11) is 3.12.